The lowest BCUT2D eigenvalue weighted by Gasteiger charge is -2.30. The maximum atomic E-state index is 12.9. The number of thioether (sulfide) groups is 1. The molecule has 1 aromatic carbocycles. The Labute approximate surface area is 187 Å². The smallest absolute Gasteiger partial charge is 0.233 e. The van der Waals surface area contributed by atoms with Gasteiger partial charge in [-0.2, -0.15) is 0 Å². The van der Waals surface area contributed by atoms with Crippen molar-refractivity contribution in [2.75, 3.05) is 26.0 Å². The highest BCUT2D eigenvalue weighted by Gasteiger charge is 2.27. The molecule has 1 aliphatic heterocycles. The zero-order valence-electron chi connectivity index (χ0n) is 17.8. The van der Waals surface area contributed by atoms with E-state index in [1.165, 1.54) is 49.4 Å². The number of rotatable bonds is 6. The third-order valence-electron chi connectivity index (χ3n) is 5.99. The van der Waals surface area contributed by atoms with E-state index in [2.05, 4.69) is 23.2 Å². The van der Waals surface area contributed by atoms with Crippen LogP contribution < -0.4 is 4.74 Å². The Morgan fingerprint density at radius 3 is 2.93 bits per heavy atom. The molecule has 2 aliphatic rings. The Hall–Kier alpha value is -1.57. The van der Waals surface area contributed by atoms with E-state index >= 15 is 0 Å². The Kier molecular flexibility index (Phi) is 7.33. The minimum Gasteiger partial charge on any atom is -0.491 e. The van der Waals surface area contributed by atoms with Gasteiger partial charge in [-0.1, -0.05) is 37.1 Å². The number of aromatic nitrogens is 1. The number of benzene rings is 1. The van der Waals surface area contributed by atoms with E-state index in [4.69, 9.17) is 9.47 Å². The van der Waals surface area contributed by atoms with Crippen molar-refractivity contribution in [1.82, 2.24) is 9.88 Å². The van der Waals surface area contributed by atoms with Crippen LogP contribution in [0.4, 0.5) is 0 Å². The summed E-state index contributed by atoms with van der Waals surface area (Å²) in [6.07, 6.45) is 6.48. The Morgan fingerprint density at radius 2 is 2.20 bits per heavy atom. The van der Waals surface area contributed by atoms with Crippen molar-refractivity contribution in [3.8, 4) is 5.75 Å². The topological polar surface area (TPSA) is 51.7 Å². The highest BCUT2D eigenvalue weighted by molar-refractivity contribution is 8.01. The summed E-state index contributed by atoms with van der Waals surface area (Å²) < 4.78 is 12.8. The second-order valence-corrected chi connectivity index (χ2v) is 10.2. The van der Waals surface area contributed by atoms with Gasteiger partial charge in [0.15, 0.2) is 4.34 Å². The van der Waals surface area contributed by atoms with Crippen molar-refractivity contribution in [2.45, 2.75) is 56.0 Å². The van der Waals surface area contributed by atoms with Gasteiger partial charge < -0.3 is 14.4 Å². The second kappa shape index (κ2) is 10.2. The summed E-state index contributed by atoms with van der Waals surface area (Å²) in [4.78, 5) is 19.2. The van der Waals surface area contributed by atoms with E-state index < -0.39 is 0 Å². The number of ether oxygens (including phenoxy) is 2. The van der Waals surface area contributed by atoms with Crippen molar-refractivity contribution in [1.29, 1.82) is 0 Å². The van der Waals surface area contributed by atoms with Gasteiger partial charge >= 0.3 is 0 Å². The highest BCUT2D eigenvalue weighted by Crippen LogP contribution is 2.38. The summed E-state index contributed by atoms with van der Waals surface area (Å²) in [5.41, 5.74) is 3.28. The van der Waals surface area contributed by atoms with Gasteiger partial charge in [0.25, 0.3) is 0 Å². The molecule has 5 nitrogen and oxygen atoms in total. The zero-order valence-corrected chi connectivity index (χ0v) is 19.4. The van der Waals surface area contributed by atoms with Gasteiger partial charge in [0.1, 0.15) is 12.4 Å². The summed E-state index contributed by atoms with van der Waals surface area (Å²) in [6, 6.07) is 6.39. The van der Waals surface area contributed by atoms with Crippen LogP contribution in [0.5, 0.6) is 5.75 Å². The number of hydrogen-bond donors (Lipinski definition) is 0. The van der Waals surface area contributed by atoms with Crippen LogP contribution in [0.2, 0.25) is 0 Å². The van der Waals surface area contributed by atoms with Crippen molar-refractivity contribution < 1.29 is 14.3 Å². The molecule has 0 bridgehead atoms. The number of carbonyl (C=O) groups is 1. The second-order valence-electron chi connectivity index (χ2n) is 8.13. The fourth-order valence-electron chi connectivity index (χ4n) is 4.46. The van der Waals surface area contributed by atoms with Gasteiger partial charge in [-0.25, -0.2) is 4.98 Å². The number of amides is 1. The maximum Gasteiger partial charge on any atom is 0.233 e. The Bertz CT molecular complexity index is 864. The van der Waals surface area contributed by atoms with Gasteiger partial charge in [-0.05, 0) is 43.4 Å². The van der Waals surface area contributed by atoms with Gasteiger partial charge in [0.2, 0.25) is 5.91 Å². The zero-order chi connectivity index (χ0) is 20.9. The van der Waals surface area contributed by atoms with E-state index in [1.54, 1.807) is 11.3 Å². The molecule has 2 heterocycles. The molecule has 0 spiro atoms. The summed E-state index contributed by atoms with van der Waals surface area (Å²) in [5, 5.41) is 2.02. The van der Waals surface area contributed by atoms with Gasteiger partial charge in [-0.3, -0.25) is 4.79 Å². The number of nitrogens with zero attached hydrogens (tertiary/aromatic N) is 2. The van der Waals surface area contributed by atoms with Gasteiger partial charge in [-0.15, -0.1) is 11.3 Å². The van der Waals surface area contributed by atoms with Crippen LogP contribution in [0.3, 0.4) is 0 Å². The lowest BCUT2D eigenvalue weighted by molar-refractivity contribution is -0.129. The first-order chi connectivity index (χ1) is 14.6. The molecule has 7 heteroatoms. The largest absolute Gasteiger partial charge is 0.491 e. The summed E-state index contributed by atoms with van der Waals surface area (Å²) in [6.45, 7) is 3.69. The third-order valence-corrected chi connectivity index (χ3v) is 8.12. The molecule has 0 radical (unpaired) electrons. The highest BCUT2D eigenvalue weighted by atomic mass is 32.2. The van der Waals surface area contributed by atoms with E-state index in [1.807, 2.05) is 24.3 Å². The predicted octanol–water partition coefficient (Wildman–Crippen LogP) is 5.23. The first-order valence-electron chi connectivity index (χ1n) is 10.7. The average molecular weight is 447 g/mol. The van der Waals surface area contributed by atoms with Gasteiger partial charge in [0.05, 0.1) is 18.4 Å². The summed E-state index contributed by atoms with van der Waals surface area (Å²) in [7, 11) is 1.81. The molecular formula is C23H30N2O3S2. The Morgan fingerprint density at radius 1 is 1.37 bits per heavy atom. The minimum atomic E-state index is 0.117. The van der Waals surface area contributed by atoms with Crippen LogP contribution in [0.1, 0.15) is 55.0 Å². The van der Waals surface area contributed by atoms with Crippen molar-refractivity contribution in [3.63, 3.8) is 0 Å². The van der Waals surface area contributed by atoms with Crippen LogP contribution >= 0.6 is 23.1 Å². The standard InChI is InChI=1S/C23H30N2O3S2/c1-16-14-29-23(24-16)30-15-21(26)25-10-11-28-20-9-8-18(12-19(20)13-25)22(27-2)17-6-4-3-5-7-17/h8-9,12,14,17,22H,3-7,10-11,13,15H2,1-2H3. The van der Waals surface area contributed by atoms with Crippen LogP contribution in [-0.4, -0.2) is 41.8 Å². The number of hydrogen-bond acceptors (Lipinski definition) is 6. The third kappa shape index (κ3) is 5.18. The molecule has 1 aromatic heterocycles. The quantitative estimate of drug-likeness (QED) is 0.569. The molecule has 0 saturated heterocycles. The maximum absolute atomic E-state index is 12.9. The molecule has 162 valence electrons. The average Bonchev–Trinajstić information content (AvgIpc) is 3.06. The van der Waals surface area contributed by atoms with Crippen LogP contribution in [0.15, 0.2) is 27.9 Å². The first-order valence-corrected chi connectivity index (χ1v) is 12.6. The fraction of sp³-hybridized carbons (Fsp3) is 0.565. The Balaban J connectivity index is 1.45. The van der Waals surface area contributed by atoms with E-state index in [0.717, 1.165) is 21.3 Å². The predicted molar refractivity (Wildman–Crippen MR) is 121 cm³/mol. The van der Waals surface area contributed by atoms with Crippen LogP contribution in [0.25, 0.3) is 0 Å². The molecular weight excluding hydrogens is 416 g/mol. The summed E-state index contributed by atoms with van der Waals surface area (Å²) in [5.74, 6) is 2.00. The number of carbonyl (C=O) groups excluding carboxylic acids is 1. The molecule has 30 heavy (non-hydrogen) atoms. The van der Waals surface area contributed by atoms with Crippen molar-refractivity contribution >= 4 is 29.0 Å². The summed E-state index contributed by atoms with van der Waals surface area (Å²) >= 11 is 3.11. The van der Waals surface area contributed by atoms with E-state index in [0.29, 0.717) is 31.4 Å². The van der Waals surface area contributed by atoms with E-state index in [9.17, 15) is 4.79 Å². The normalized spacial score (nSPS) is 18.4. The molecule has 1 fully saturated rings. The lowest BCUT2D eigenvalue weighted by Crippen LogP contribution is -2.33. The number of fused-ring (bicyclic) bond motifs is 1. The molecule has 2 aromatic rings. The monoisotopic (exact) mass is 446 g/mol. The van der Waals surface area contributed by atoms with Crippen molar-refractivity contribution in [2.24, 2.45) is 5.92 Å². The SMILES string of the molecule is COC(c1ccc2c(c1)CN(C(=O)CSc1nc(C)cs1)CCO2)C1CCCCC1. The van der Waals surface area contributed by atoms with Crippen LogP contribution in [-0.2, 0) is 16.1 Å². The van der Waals surface area contributed by atoms with Gasteiger partial charge in [0, 0.05) is 30.3 Å². The molecule has 4 rings (SSSR count). The molecule has 1 aliphatic carbocycles. The van der Waals surface area contributed by atoms with Crippen molar-refractivity contribution in [3.05, 3.63) is 40.4 Å². The molecule has 1 saturated carbocycles. The van der Waals surface area contributed by atoms with Crippen LogP contribution in [0, 0.1) is 12.8 Å². The lowest BCUT2D eigenvalue weighted by atomic mass is 9.82. The molecule has 1 unspecified atom stereocenters. The first kappa shape index (κ1) is 21.7. The number of aryl methyl sites for hydroxylation is 1. The number of methoxy groups -OCH3 is 1. The fourth-order valence-corrected chi connectivity index (χ4v) is 6.21. The molecule has 1 amide bonds. The van der Waals surface area contributed by atoms with E-state index in [-0.39, 0.29) is 12.0 Å². The molecule has 0 N–H and O–H groups in total. The number of thiazole rings is 1. The minimum absolute atomic E-state index is 0.117. The molecule has 1 atom stereocenters.